The lowest BCUT2D eigenvalue weighted by Crippen LogP contribution is -2.34. The zero-order valence-electron chi connectivity index (χ0n) is 11.8. The number of hydrogen-bond donors (Lipinski definition) is 2. The molecule has 0 amide bonds. The summed E-state index contributed by atoms with van der Waals surface area (Å²) in [4.78, 5) is 15.7. The van der Waals surface area contributed by atoms with Gasteiger partial charge in [0.15, 0.2) is 5.65 Å². The van der Waals surface area contributed by atoms with Crippen LogP contribution in [0.25, 0.3) is 11.0 Å². The first-order chi connectivity index (χ1) is 9.47. The van der Waals surface area contributed by atoms with E-state index < -0.39 is 5.97 Å². The number of carboxylic acid groups (broad SMARTS) is 1. The molecule has 1 aliphatic carbocycles. The van der Waals surface area contributed by atoms with Gasteiger partial charge in [0.25, 0.3) is 0 Å². The summed E-state index contributed by atoms with van der Waals surface area (Å²) in [6, 6.07) is 0.341. The van der Waals surface area contributed by atoms with Gasteiger partial charge in [0.1, 0.15) is 5.56 Å². The van der Waals surface area contributed by atoms with Crippen molar-refractivity contribution in [3.8, 4) is 0 Å². The van der Waals surface area contributed by atoms with Gasteiger partial charge >= 0.3 is 5.97 Å². The zero-order valence-corrected chi connectivity index (χ0v) is 11.8. The summed E-state index contributed by atoms with van der Waals surface area (Å²) < 4.78 is 1.69. The zero-order chi connectivity index (χ0) is 14.4. The van der Waals surface area contributed by atoms with Crippen LogP contribution in [0.15, 0.2) is 6.20 Å². The molecule has 2 aromatic rings. The molecule has 2 aromatic heterocycles. The second kappa shape index (κ2) is 4.47. The Balaban J connectivity index is 2.13. The van der Waals surface area contributed by atoms with Crippen LogP contribution in [0, 0.1) is 12.8 Å². The van der Waals surface area contributed by atoms with E-state index >= 15 is 0 Å². The molecule has 0 radical (unpaired) electrons. The highest BCUT2D eigenvalue weighted by Crippen LogP contribution is 2.34. The SMILES string of the molecule is Cc1nn(C)c2ncc(C(=O)O)c(NC3CC(C)C3)c12. The Kier molecular flexibility index (Phi) is 2.88. The monoisotopic (exact) mass is 274 g/mol. The van der Waals surface area contributed by atoms with Gasteiger partial charge in [-0.15, -0.1) is 0 Å². The van der Waals surface area contributed by atoms with Crippen molar-refractivity contribution in [1.29, 1.82) is 0 Å². The van der Waals surface area contributed by atoms with Gasteiger partial charge in [-0.1, -0.05) is 6.92 Å². The molecule has 0 atom stereocenters. The van der Waals surface area contributed by atoms with E-state index in [1.54, 1.807) is 4.68 Å². The van der Waals surface area contributed by atoms with Crippen LogP contribution in [0.4, 0.5) is 5.69 Å². The fraction of sp³-hybridized carbons (Fsp3) is 0.500. The van der Waals surface area contributed by atoms with E-state index in [9.17, 15) is 9.90 Å². The fourth-order valence-corrected chi connectivity index (χ4v) is 2.95. The van der Waals surface area contributed by atoms with Crippen LogP contribution in [0.3, 0.4) is 0 Å². The molecule has 106 valence electrons. The van der Waals surface area contributed by atoms with Crippen molar-refractivity contribution in [3.05, 3.63) is 17.5 Å². The van der Waals surface area contributed by atoms with E-state index in [0.717, 1.165) is 23.9 Å². The molecule has 6 heteroatoms. The summed E-state index contributed by atoms with van der Waals surface area (Å²) in [7, 11) is 1.82. The van der Waals surface area contributed by atoms with E-state index in [4.69, 9.17) is 0 Å². The minimum absolute atomic E-state index is 0.216. The van der Waals surface area contributed by atoms with Crippen LogP contribution in [-0.4, -0.2) is 31.9 Å². The number of fused-ring (bicyclic) bond motifs is 1. The number of hydrogen-bond acceptors (Lipinski definition) is 4. The number of carboxylic acids is 1. The molecule has 0 aliphatic heterocycles. The number of rotatable bonds is 3. The molecule has 1 fully saturated rings. The average Bonchev–Trinajstić information content (AvgIpc) is 2.63. The largest absolute Gasteiger partial charge is 0.478 e. The molecular weight excluding hydrogens is 256 g/mol. The van der Waals surface area contributed by atoms with Crippen LogP contribution >= 0.6 is 0 Å². The first-order valence-corrected chi connectivity index (χ1v) is 6.79. The summed E-state index contributed by atoms with van der Waals surface area (Å²) in [6.45, 7) is 4.08. The molecule has 1 saturated carbocycles. The van der Waals surface area contributed by atoms with Crippen molar-refractivity contribution in [1.82, 2.24) is 14.8 Å². The molecule has 0 spiro atoms. The molecule has 0 aromatic carbocycles. The maximum absolute atomic E-state index is 11.4. The summed E-state index contributed by atoms with van der Waals surface area (Å²) in [6.07, 6.45) is 3.56. The van der Waals surface area contributed by atoms with Crippen molar-refractivity contribution in [2.45, 2.75) is 32.7 Å². The van der Waals surface area contributed by atoms with Crippen molar-refractivity contribution in [3.63, 3.8) is 0 Å². The van der Waals surface area contributed by atoms with Gasteiger partial charge in [-0.25, -0.2) is 9.78 Å². The van der Waals surface area contributed by atoms with Gasteiger partial charge in [0.2, 0.25) is 0 Å². The first kappa shape index (κ1) is 12.9. The number of aromatic nitrogens is 3. The number of aryl methyl sites for hydroxylation is 2. The number of pyridine rings is 1. The normalized spacial score (nSPS) is 21.8. The summed E-state index contributed by atoms with van der Waals surface area (Å²) in [5.41, 5.74) is 2.38. The van der Waals surface area contributed by atoms with Crippen LogP contribution in [0.2, 0.25) is 0 Å². The van der Waals surface area contributed by atoms with Crippen LogP contribution in [-0.2, 0) is 7.05 Å². The Labute approximate surface area is 116 Å². The predicted molar refractivity (Wildman–Crippen MR) is 76.0 cm³/mol. The third-order valence-corrected chi connectivity index (χ3v) is 3.98. The highest BCUT2D eigenvalue weighted by atomic mass is 16.4. The van der Waals surface area contributed by atoms with Gasteiger partial charge in [0.05, 0.1) is 16.8 Å². The standard InChI is InChI=1S/C14H18N4O2/c1-7-4-9(5-7)16-12-10(14(19)20)6-15-13-11(12)8(2)17-18(13)3/h6-7,9H,4-5H2,1-3H3,(H,15,16)(H,19,20). The molecule has 3 rings (SSSR count). The van der Waals surface area contributed by atoms with E-state index in [0.29, 0.717) is 23.3 Å². The molecule has 2 heterocycles. The Hall–Kier alpha value is -2.11. The van der Waals surface area contributed by atoms with Gasteiger partial charge in [-0.2, -0.15) is 5.10 Å². The van der Waals surface area contributed by atoms with Gasteiger partial charge in [0, 0.05) is 19.3 Å². The summed E-state index contributed by atoms with van der Waals surface area (Å²) in [5.74, 6) is -0.259. The number of carbonyl (C=O) groups is 1. The Morgan fingerprint density at radius 1 is 1.50 bits per heavy atom. The topological polar surface area (TPSA) is 80.0 Å². The smallest absolute Gasteiger partial charge is 0.339 e. The van der Waals surface area contributed by atoms with E-state index in [1.807, 2.05) is 14.0 Å². The highest BCUT2D eigenvalue weighted by Gasteiger charge is 2.28. The van der Waals surface area contributed by atoms with E-state index in [1.165, 1.54) is 6.20 Å². The third kappa shape index (κ3) is 1.92. The van der Waals surface area contributed by atoms with Crippen LogP contribution in [0.5, 0.6) is 0 Å². The third-order valence-electron chi connectivity index (χ3n) is 3.98. The molecule has 1 aliphatic rings. The molecule has 0 unspecified atom stereocenters. The number of aromatic carboxylic acids is 1. The minimum atomic E-state index is -0.961. The molecule has 0 bridgehead atoms. The highest BCUT2D eigenvalue weighted by molar-refractivity contribution is 6.04. The minimum Gasteiger partial charge on any atom is -0.478 e. The summed E-state index contributed by atoms with van der Waals surface area (Å²) >= 11 is 0. The Morgan fingerprint density at radius 3 is 2.80 bits per heavy atom. The van der Waals surface area contributed by atoms with Crippen LogP contribution < -0.4 is 5.32 Å². The number of anilines is 1. The van der Waals surface area contributed by atoms with Crippen LogP contribution in [0.1, 0.15) is 35.8 Å². The lowest BCUT2D eigenvalue weighted by Gasteiger charge is -2.34. The first-order valence-electron chi connectivity index (χ1n) is 6.79. The van der Waals surface area contributed by atoms with E-state index in [-0.39, 0.29) is 5.56 Å². The van der Waals surface area contributed by atoms with Gasteiger partial charge in [-0.05, 0) is 25.7 Å². The molecule has 2 N–H and O–H groups in total. The van der Waals surface area contributed by atoms with Gasteiger partial charge in [-0.3, -0.25) is 4.68 Å². The summed E-state index contributed by atoms with van der Waals surface area (Å²) in [5, 5.41) is 17.9. The van der Waals surface area contributed by atoms with Crippen molar-refractivity contribution < 1.29 is 9.90 Å². The maximum Gasteiger partial charge on any atom is 0.339 e. The average molecular weight is 274 g/mol. The fourth-order valence-electron chi connectivity index (χ4n) is 2.95. The van der Waals surface area contributed by atoms with E-state index in [2.05, 4.69) is 22.3 Å². The molecule has 6 nitrogen and oxygen atoms in total. The number of nitrogens with zero attached hydrogens (tertiary/aromatic N) is 3. The second-order valence-corrected chi connectivity index (χ2v) is 5.68. The van der Waals surface area contributed by atoms with Crippen molar-refractivity contribution in [2.24, 2.45) is 13.0 Å². The Morgan fingerprint density at radius 2 is 2.20 bits per heavy atom. The van der Waals surface area contributed by atoms with Crippen molar-refractivity contribution in [2.75, 3.05) is 5.32 Å². The quantitative estimate of drug-likeness (QED) is 0.896. The molecular formula is C14H18N4O2. The lowest BCUT2D eigenvalue weighted by molar-refractivity contribution is 0.0697. The predicted octanol–water partition coefficient (Wildman–Crippen LogP) is 2.19. The second-order valence-electron chi connectivity index (χ2n) is 5.68. The Bertz CT molecular complexity index is 686. The molecule has 20 heavy (non-hydrogen) atoms. The lowest BCUT2D eigenvalue weighted by atomic mass is 9.81. The molecule has 0 saturated heterocycles. The maximum atomic E-state index is 11.4. The van der Waals surface area contributed by atoms with Gasteiger partial charge < -0.3 is 10.4 Å². The van der Waals surface area contributed by atoms with Crippen molar-refractivity contribution >= 4 is 22.7 Å². The number of nitrogens with one attached hydrogen (secondary N) is 1.